The average molecular weight is 234 g/mol. The van der Waals surface area contributed by atoms with Crippen LogP contribution in [0.4, 0.5) is 17.1 Å². The summed E-state index contributed by atoms with van der Waals surface area (Å²) in [7, 11) is 0. The zero-order valence-electron chi connectivity index (χ0n) is 9.51. The number of hydrogen-bond donors (Lipinski definition) is 2. The summed E-state index contributed by atoms with van der Waals surface area (Å²) in [5.74, 6) is 0. The molecule has 0 aliphatic rings. The van der Waals surface area contributed by atoms with Gasteiger partial charge < -0.3 is 11.1 Å². The first-order valence-electron chi connectivity index (χ1n) is 5.30. The number of nitrogens with two attached hydrogens (primary N) is 1. The third-order valence-electron chi connectivity index (χ3n) is 2.46. The third-order valence-corrected chi connectivity index (χ3v) is 2.46. The smallest absolute Gasteiger partial charge is 0.101 e. The van der Waals surface area contributed by atoms with Gasteiger partial charge in [-0.25, -0.2) is 0 Å². The van der Waals surface area contributed by atoms with Crippen molar-refractivity contribution in [3.8, 4) is 12.1 Å². The zero-order valence-corrected chi connectivity index (χ0v) is 9.51. The molecule has 0 bridgehead atoms. The highest BCUT2D eigenvalue weighted by atomic mass is 14.9. The SMILES string of the molecule is N#Cc1ccc(Nc2ccc(N)cc2)cc1C#N. The van der Waals surface area contributed by atoms with Gasteiger partial charge in [0.15, 0.2) is 0 Å². The van der Waals surface area contributed by atoms with Gasteiger partial charge in [0, 0.05) is 17.1 Å². The van der Waals surface area contributed by atoms with E-state index in [0.717, 1.165) is 11.4 Å². The minimum atomic E-state index is 0.359. The molecule has 86 valence electrons. The van der Waals surface area contributed by atoms with E-state index >= 15 is 0 Å². The van der Waals surface area contributed by atoms with E-state index in [1.807, 2.05) is 24.3 Å². The Morgan fingerprint density at radius 3 is 2.06 bits per heavy atom. The highest BCUT2D eigenvalue weighted by Gasteiger charge is 2.02. The maximum atomic E-state index is 8.93. The van der Waals surface area contributed by atoms with Crippen LogP contribution in [0.15, 0.2) is 42.5 Å². The van der Waals surface area contributed by atoms with Crippen molar-refractivity contribution in [2.24, 2.45) is 0 Å². The predicted molar refractivity (Wildman–Crippen MR) is 70.0 cm³/mol. The number of nitrogen functional groups attached to an aromatic ring is 1. The molecule has 0 atom stereocenters. The summed E-state index contributed by atoms with van der Waals surface area (Å²) < 4.78 is 0. The molecule has 0 amide bonds. The van der Waals surface area contributed by atoms with E-state index in [-0.39, 0.29) is 0 Å². The van der Waals surface area contributed by atoms with E-state index in [1.165, 1.54) is 0 Å². The molecule has 2 aromatic carbocycles. The molecule has 0 aliphatic heterocycles. The highest BCUT2D eigenvalue weighted by Crippen LogP contribution is 2.20. The lowest BCUT2D eigenvalue weighted by Crippen LogP contribution is -1.93. The van der Waals surface area contributed by atoms with Gasteiger partial charge >= 0.3 is 0 Å². The number of anilines is 3. The van der Waals surface area contributed by atoms with Crippen LogP contribution in [-0.2, 0) is 0 Å². The number of hydrogen-bond acceptors (Lipinski definition) is 4. The Balaban J connectivity index is 2.28. The molecule has 2 rings (SSSR count). The fourth-order valence-corrected chi connectivity index (χ4v) is 1.55. The molecule has 2 aromatic rings. The Labute approximate surface area is 105 Å². The molecule has 4 heteroatoms. The topological polar surface area (TPSA) is 85.6 Å². The molecule has 0 aliphatic carbocycles. The molecule has 18 heavy (non-hydrogen) atoms. The van der Waals surface area contributed by atoms with E-state index in [0.29, 0.717) is 16.8 Å². The molecule has 4 nitrogen and oxygen atoms in total. The van der Waals surface area contributed by atoms with Crippen LogP contribution in [0.5, 0.6) is 0 Å². The molecule has 0 aromatic heterocycles. The van der Waals surface area contributed by atoms with Gasteiger partial charge in [-0.05, 0) is 42.5 Å². The van der Waals surface area contributed by atoms with Crippen molar-refractivity contribution < 1.29 is 0 Å². The summed E-state index contributed by atoms with van der Waals surface area (Å²) in [6.45, 7) is 0. The summed E-state index contributed by atoms with van der Waals surface area (Å²) >= 11 is 0. The van der Waals surface area contributed by atoms with Crippen molar-refractivity contribution >= 4 is 17.1 Å². The Kier molecular flexibility index (Phi) is 3.13. The molecule has 3 N–H and O–H groups in total. The van der Waals surface area contributed by atoms with Gasteiger partial charge in [0.1, 0.15) is 12.1 Å². The Morgan fingerprint density at radius 2 is 1.44 bits per heavy atom. The number of rotatable bonds is 2. The van der Waals surface area contributed by atoms with Crippen LogP contribution in [0.25, 0.3) is 0 Å². The summed E-state index contributed by atoms with van der Waals surface area (Å²) in [5.41, 5.74) is 8.66. The first-order chi connectivity index (χ1) is 8.72. The second-order valence-corrected chi connectivity index (χ2v) is 3.73. The maximum Gasteiger partial charge on any atom is 0.101 e. The largest absolute Gasteiger partial charge is 0.399 e. The van der Waals surface area contributed by atoms with Crippen LogP contribution in [0, 0.1) is 22.7 Å². The predicted octanol–water partition coefficient (Wildman–Crippen LogP) is 2.76. The van der Waals surface area contributed by atoms with Crippen molar-refractivity contribution in [2.45, 2.75) is 0 Å². The monoisotopic (exact) mass is 234 g/mol. The fourth-order valence-electron chi connectivity index (χ4n) is 1.55. The van der Waals surface area contributed by atoms with Gasteiger partial charge in [0.05, 0.1) is 11.1 Å². The number of nitrogens with one attached hydrogen (secondary N) is 1. The van der Waals surface area contributed by atoms with Crippen LogP contribution in [0.3, 0.4) is 0 Å². The van der Waals surface area contributed by atoms with Crippen LogP contribution >= 0.6 is 0 Å². The molecule has 0 fully saturated rings. The highest BCUT2D eigenvalue weighted by molar-refractivity contribution is 5.65. The molecule has 0 heterocycles. The quantitative estimate of drug-likeness (QED) is 0.782. The summed E-state index contributed by atoms with van der Waals surface area (Å²) in [4.78, 5) is 0. The molecule has 0 unspecified atom stereocenters. The van der Waals surface area contributed by atoms with Gasteiger partial charge in [0.2, 0.25) is 0 Å². The molecule has 0 radical (unpaired) electrons. The normalized spacial score (nSPS) is 9.22. The maximum absolute atomic E-state index is 8.93. The van der Waals surface area contributed by atoms with Gasteiger partial charge in [-0.1, -0.05) is 0 Å². The third kappa shape index (κ3) is 2.40. The first-order valence-corrected chi connectivity index (χ1v) is 5.30. The van der Waals surface area contributed by atoms with Gasteiger partial charge in [-0.3, -0.25) is 0 Å². The van der Waals surface area contributed by atoms with Crippen LogP contribution in [0.2, 0.25) is 0 Å². The molecule has 0 spiro atoms. The van der Waals surface area contributed by atoms with Crippen LogP contribution in [-0.4, -0.2) is 0 Å². The molecular weight excluding hydrogens is 224 g/mol. The van der Waals surface area contributed by atoms with E-state index in [4.69, 9.17) is 16.3 Å². The Morgan fingerprint density at radius 1 is 0.833 bits per heavy atom. The zero-order chi connectivity index (χ0) is 13.0. The van der Waals surface area contributed by atoms with Crippen molar-refractivity contribution in [3.05, 3.63) is 53.6 Å². The number of benzene rings is 2. The van der Waals surface area contributed by atoms with Gasteiger partial charge in [0.25, 0.3) is 0 Å². The Bertz CT molecular complexity index is 645. The average Bonchev–Trinajstić information content (AvgIpc) is 2.41. The van der Waals surface area contributed by atoms with E-state index < -0.39 is 0 Å². The second kappa shape index (κ2) is 4.90. The standard InChI is InChI=1S/C14H10N4/c15-8-10-1-4-14(7-11(10)9-16)18-13-5-2-12(17)3-6-13/h1-7,18H,17H2. The van der Waals surface area contributed by atoms with Crippen LogP contribution < -0.4 is 11.1 Å². The van der Waals surface area contributed by atoms with E-state index in [1.54, 1.807) is 30.3 Å². The van der Waals surface area contributed by atoms with Crippen LogP contribution in [0.1, 0.15) is 11.1 Å². The minimum absolute atomic E-state index is 0.359. The van der Waals surface area contributed by atoms with Crippen molar-refractivity contribution in [3.63, 3.8) is 0 Å². The Hall–Kier alpha value is -2.98. The molecular formula is C14H10N4. The van der Waals surface area contributed by atoms with Crippen molar-refractivity contribution in [1.82, 2.24) is 0 Å². The second-order valence-electron chi connectivity index (χ2n) is 3.73. The van der Waals surface area contributed by atoms with Gasteiger partial charge in [-0.2, -0.15) is 10.5 Å². The fraction of sp³-hybridized carbons (Fsp3) is 0. The van der Waals surface area contributed by atoms with E-state index in [2.05, 4.69) is 5.32 Å². The van der Waals surface area contributed by atoms with Gasteiger partial charge in [-0.15, -0.1) is 0 Å². The minimum Gasteiger partial charge on any atom is -0.399 e. The summed E-state index contributed by atoms with van der Waals surface area (Å²) in [6.07, 6.45) is 0. The lowest BCUT2D eigenvalue weighted by atomic mass is 10.1. The number of nitrogens with zero attached hydrogens (tertiary/aromatic N) is 2. The summed E-state index contributed by atoms with van der Waals surface area (Å²) in [6, 6.07) is 16.3. The first kappa shape index (κ1) is 11.5. The lowest BCUT2D eigenvalue weighted by Gasteiger charge is -2.07. The van der Waals surface area contributed by atoms with Crippen molar-refractivity contribution in [2.75, 3.05) is 11.1 Å². The van der Waals surface area contributed by atoms with E-state index in [9.17, 15) is 0 Å². The molecule has 0 saturated heterocycles. The lowest BCUT2D eigenvalue weighted by molar-refractivity contribution is 1.42. The molecule has 0 saturated carbocycles. The summed E-state index contributed by atoms with van der Waals surface area (Å²) in [5, 5.41) is 20.9. The number of nitriles is 2. The van der Waals surface area contributed by atoms with Crippen molar-refractivity contribution in [1.29, 1.82) is 10.5 Å².